The van der Waals surface area contributed by atoms with E-state index < -0.39 is 6.04 Å². The first-order chi connectivity index (χ1) is 10.5. The number of amides is 1. The number of nitrogens with one attached hydrogen (secondary N) is 1. The normalized spacial score (nSPS) is 15.3. The maximum atomic E-state index is 12.8. The lowest BCUT2D eigenvalue weighted by molar-refractivity contribution is -0.139. The van der Waals surface area contributed by atoms with Gasteiger partial charge in [-0.1, -0.05) is 40.7 Å². The summed E-state index contributed by atoms with van der Waals surface area (Å²) in [5.74, 6) is -0.329. The van der Waals surface area contributed by atoms with Gasteiger partial charge in [-0.05, 0) is 37.0 Å². The zero-order chi connectivity index (χ0) is 18.4. The molecule has 134 valence electrons. The van der Waals surface area contributed by atoms with Crippen LogP contribution >= 0.6 is 11.8 Å². The molecule has 2 atom stereocenters. The van der Waals surface area contributed by atoms with Gasteiger partial charge in [-0.25, -0.2) is 9.63 Å². The third-order valence-corrected chi connectivity index (χ3v) is 3.94. The predicted octanol–water partition coefficient (Wildman–Crippen LogP) is 3.14. The summed E-state index contributed by atoms with van der Waals surface area (Å²) >= 11 is 5.79. The van der Waals surface area contributed by atoms with Crippen LogP contribution in [0, 0.1) is 11.3 Å². The van der Waals surface area contributed by atoms with Crippen molar-refractivity contribution in [2.24, 2.45) is 11.3 Å². The van der Waals surface area contributed by atoms with E-state index in [1.165, 1.54) is 0 Å². The number of carbonyl (C=O) groups is 2. The first-order valence-electron chi connectivity index (χ1n) is 7.95. The van der Waals surface area contributed by atoms with E-state index in [9.17, 15) is 9.59 Å². The summed E-state index contributed by atoms with van der Waals surface area (Å²) in [5, 5.41) is 0. The van der Waals surface area contributed by atoms with E-state index in [4.69, 9.17) is 16.5 Å². The van der Waals surface area contributed by atoms with E-state index in [1.807, 2.05) is 34.6 Å². The van der Waals surface area contributed by atoms with Crippen molar-refractivity contribution in [3.8, 4) is 0 Å². The molecule has 0 aromatic heterocycles. The highest BCUT2D eigenvalue weighted by molar-refractivity contribution is 6.15. The Labute approximate surface area is 145 Å². The standard InChI is InChI=1S/C17H31ClN2O3/c1-9-23-16(22)12(4)10-13(11(2)3)20(8)15(21)14(19-18)17(5,6)7/h10-11,13-14,19H,9H2,1-8H3/b12-10+/t13-,14?/m1/s1. The monoisotopic (exact) mass is 346 g/mol. The van der Waals surface area contributed by atoms with E-state index in [0.29, 0.717) is 12.2 Å². The van der Waals surface area contributed by atoms with Crippen LogP contribution in [-0.2, 0) is 14.3 Å². The highest BCUT2D eigenvalue weighted by Gasteiger charge is 2.35. The zero-order valence-corrected chi connectivity index (χ0v) is 16.3. The SMILES string of the molecule is CCOC(=O)/C(C)=C/[C@H](C(C)C)N(C)C(=O)C(NCl)C(C)(C)C. The van der Waals surface area contributed by atoms with Crippen LogP contribution in [0.1, 0.15) is 48.5 Å². The smallest absolute Gasteiger partial charge is 0.333 e. The van der Waals surface area contributed by atoms with Gasteiger partial charge in [0.25, 0.3) is 0 Å². The van der Waals surface area contributed by atoms with Crippen molar-refractivity contribution < 1.29 is 14.3 Å². The van der Waals surface area contributed by atoms with E-state index in [-0.39, 0.29) is 29.3 Å². The molecule has 0 bridgehead atoms. The average molecular weight is 347 g/mol. The van der Waals surface area contributed by atoms with Crippen molar-refractivity contribution >= 4 is 23.7 Å². The number of rotatable bonds is 7. The molecule has 1 unspecified atom stereocenters. The highest BCUT2D eigenvalue weighted by Crippen LogP contribution is 2.24. The fourth-order valence-electron chi connectivity index (χ4n) is 2.25. The van der Waals surface area contributed by atoms with Gasteiger partial charge in [-0.2, -0.15) is 0 Å². The summed E-state index contributed by atoms with van der Waals surface area (Å²) in [6, 6.07) is -0.742. The molecule has 0 aromatic carbocycles. The molecule has 0 radical (unpaired) electrons. The number of ether oxygens (including phenoxy) is 1. The van der Waals surface area contributed by atoms with Crippen molar-refractivity contribution in [3.05, 3.63) is 11.6 Å². The summed E-state index contributed by atoms with van der Waals surface area (Å²) in [4.78, 5) is 28.8. The first kappa shape index (κ1) is 21.9. The molecule has 0 aromatic rings. The third kappa shape index (κ3) is 6.51. The van der Waals surface area contributed by atoms with Gasteiger partial charge in [-0.15, -0.1) is 0 Å². The summed E-state index contributed by atoms with van der Waals surface area (Å²) in [5.41, 5.74) is 0.172. The molecule has 0 aliphatic carbocycles. The topological polar surface area (TPSA) is 58.6 Å². The maximum absolute atomic E-state index is 12.8. The van der Waals surface area contributed by atoms with Crippen molar-refractivity contribution in [2.75, 3.05) is 13.7 Å². The van der Waals surface area contributed by atoms with E-state index in [1.54, 1.807) is 31.9 Å². The second-order valence-electron chi connectivity index (χ2n) is 7.16. The van der Waals surface area contributed by atoms with Gasteiger partial charge in [0.1, 0.15) is 6.04 Å². The first-order valence-corrected chi connectivity index (χ1v) is 8.33. The molecule has 0 heterocycles. The third-order valence-electron chi connectivity index (χ3n) is 3.72. The van der Waals surface area contributed by atoms with Gasteiger partial charge in [0, 0.05) is 12.6 Å². The minimum atomic E-state index is -0.522. The average Bonchev–Trinajstić information content (AvgIpc) is 2.42. The number of hydrogen-bond acceptors (Lipinski definition) is 4. The maximum Gasteiger partial charge on any atom is 0.333 e. The molecule has 0 rings (SSSR count). The van der Waals surface area contributed by atoms with Crippen molar-refractivity contribution in [1.82, 2.24) is 9.74 Å². The van der Waals surface area contributed by atoms with Crippen LogP contribution in [0.15, 0.2) is 11.6 Å². The van der Waals surface area contributed by atoms with Crippen LogP contribution in [0.3, 0.4) is 0 Å². The molecule has 0 spiro atoms. The Balaban J connectivity index is 5.43. The van der Waals surface area contributed by atoms with Gasteiger partial charge in [0.05, 0.1) is 12.6 Å². The van der Waals surface area contributed by atoms with Gasteiger partial charge in [0.2, 0.25) is 5.91 Å². The molecule has 0 aliphatic heterocycles. The Morgan fingerprint density at radius 1 is 1.30 bits per heavy atom. The van der Waals surface area contributed by atoms with Crippen molar-refractivity contribution in [3.63, 3.8) is 0 Å². The van der Waals surface area contributed by atoms with Gasteiger partial charge < -0.3 is 9.64 Å². The van der Waals surface area contributed by atoms with Crippen LogP contribution in [-0.4, -0.2) is 42.5 Å². The Morgan fingerprint density at radius 3 is 2.17 bits per heavy atom. The number of esters is 1. The van der Waals surface area contributed by atoms with Crippen LogP contribution in [0.25, 0.3) is 0 Å². The summed E-state index contributed by atoms with van der Waals surface area (Å²) < 4.78 is 5.00. The van der Waals surface area contributed by atoms with Crippen LogP contribution < -0.4 is 4.84 Å². The zero-order valence-electron chi connectivity index (χ0n) is 15.6. The molecule has 1 amide bonds. The molecule has 1 N–H and O–H groups in total. The van der Waals surface area contributed by atoms with Gasteiger partial charge in [0.15, 0.2) is 0 Å². The fraction of sp³-hybridized carbons (Fsp3) is 0.765. The van der Waals surface area contributed by atoms with Crippen molar-refractivity contribution in [1.29, 1.82) is 0 Å². The van der Waals surface area contributed by atoms with E-state index in [0.717, 1.165) is 0 Å². The second kappa shape index (κ2) is 9.28. The van der Waals surface area contributed by atoms with Gasteiger partial charge in [-0.3, -0.25) is 4.79 Å². The lowest BCUT2D eigenvalue weighted by Crippen LogP contribution is -2.52. The molecule has 5 nitrogen and oxygen atoms in total. The predicted molar refractivity (Wildman–Crippen MR) is 94.0 cm³/mol. The Kier molecular flexibility index (Phi) is 8.85. The molecule has 6 heteroatoms. The fourth-order valence-corrected chi connectivity index (χ4v) is 2.67. The second-order valence-corrected chi connectivity index (χ2v) is 7.38. The molecule has 0 saturated heterocycles. The Bertz CT molecular complexity index is 442. The number of hydrogen-bond donors (Lipinski definition) is 1. The quantitative estimate of drug-likeness (QED) is 0.437. The number of nitrogens with zero attached hydrogens (tertiary/aromatic N) is 1. The Morgan fingerprint density at radius 2 is 1.83 bits per heavy atom. The van der Waals surface area contributed by atoms with Crippen LogP contribution in [0.4, 0.5) is 0 Å². The minimum Gasteiger partial charge on any atom is -0.463 e. The van der Waals surface area contributed by atoms with Crippen LogP contribution in [0.5, 0.6) is 0 Å². The molecule has 0 aliphatic rings. The summed E-state index contributed by atoms with van der Waals surface area (Å²) in [6.07, 6.45) is 1.79. The number of likely N-dealkylation sites (N-methyl/N-ethyl adjacent to an activating group) is 1. The molecule has 23 heavy (non-hydrogen) atoms. The molecule has 0 saturated carbocycles. The van der Waals surface area contributed by atoms with Crippen LogP contribution in [0.2, 0.25) is 0 Å². The number of halogens is 1. The largest absolute Gasteiger partial charge is 0.463 e. The summed E-state index contributed by atoms with van der Waals surface area (Å²) in [7, 11) is 1.73. The lowest BCUT2D eigenvalue weighted by Gasteiger charge is -2.36. The number of carbonyl (C=O) groups excluding carboxylic acids is 2. The minimum absolute atomic E-state index is 0.112. The Hall–Kier alpha value is -1.07. The highest BCUT2D eigenvalue weighted by atomic mass is 35.5. The molecule has 0 fully saturated rings. The van der Waals surface area contributed by atoms with E-state index >= 15 is 0 Å². The van der Waals surface area contributed by atoms with Gasteiger partial charge >= 0.3 is 5.97 Å². The summed E-state index contributed by atoms with van der Waals surface area (Å²) in [6.45, 7) is 13.6. The van der Waals surface area contributed by atoms with E-state index in [2.05, 4.69) is 4.84 Å². The van der Waals surface area contributed by atoms with Crippen molar-refractivity contribution in [2.45, 2.75) is 60.5 Å². The lowest BCUT2D eigenvalue weighted by atomic mass is 9.86. The molecular formula is C17H31ClN2O3. The molecular weight excluding hydrogens is 316 g/mol.